The molecule has 1 aliphatic carbocycles. The second-order valence-corrected chi connectivity index (χ2v) is 5.04. The minimum Gasteiger partial charge on any atom is -0.458 e. The van der Waals surface area contributed by atoms with Gasteiger partial charge in [-0.25, -0.2) is 4.39 Å². The van der Waals surface area contributed by atoms with Crippen LogP contribution in [0.4, 0.5) is 4.39 Å². The monoisotopic (exact) mass is 283 g/mol. The van der Waals surface area contributed by atoms with Crippen LogP contribution in [-0.4, -0.2) is 0 Å². The summed E-state index contributed by atoms with van der Waals surface area (Å²) in [6.07, 6.45) is 2.30. The van der Waals surface area contributed by atoms with Crippen LogP contribution in [0.3, 0.4) is 0 Å². The van der Waals surface area contributed by atoms with E-state index in [4.69, 9.17) is 10.2 Å². The van der Waals surface area contributed by atoms with E-state index >= 15 is 0 Å². The average Bonchev–Trinajstić information content (AvgIpc) is 3.00. The van der Waals surface area contributed by atoms with Gasteiger partial charge in [-0.05, 0) is 46.8 Å². The molecule has 0 atom stereocenters. The van der Waals surface area contributed by atoms with Crippen molar-refractivity contribution in [3.8, 4) is 0 Å². The fourth-order valence-electron chi connectivity index (χ4n) is 2.16. The lowest BCUT2D eigenvalue weighted by Gasteiger charge is -1.97. The van der Waals surface area contributed by atoms with Gasteiger partial charge >= 0.3 is 0 Å². The number of rotatable bonds is 2. The summed E-state index contributed by atoms with van der Waals surface area (Å²) in [4.78, 5) is 0. The topological polar surface area (TPSA) is 39.2 Å². The predicted octanol–water partition coefficient (Wildman–Crippen LogP) is 3.67. The smallest absolute Gasteiger partial charge is 0.149 e. The van der Waals surface area contributed by atoms with E-state index in [-0.39, 0.29) is 5.82 Å². The van der Waals surface area contributed by atoms with Crippen LogP contribution >= 0.6 is 15.9 Å². The number of fused-ring (bicyclic) bond motifs is 1. The van der Waals surface area contributed by atoms with Gasteiger partial charge in [0, 0.05) is 10.9 Å². The summed E-state index contributed by atoms with van der Waals surface area (Å²) in [5, 5.41) is 0.870. The van der Waals surface area contributed by atoms with Gasteiger partial charge in [-0.15, -0.1) is 0 Å². The normalized spacial score (nSPS) is 15.9. The highest BCUT2D eigenvalue weighted by Crippen LogP contribution is 2.47. The van der Waals surface area contributed by atoms with Gasteiger partial charge in [-0.3, -0.25) is 0 Å². The number of halogens is 2. The molecule has 3 rings (SSSR count). The Morgan fingerprint density at radius 2 is 2.19 bits per heavy atom. The van der Waals surface area contributed by atoms with Gasteiger partial charge in [0.1, 0.15) is 17.2 Å². The second kappa shape index (κ2) is 3.57. The highest BCUT2D eigenvalue weighted by Gasteiger charge is 2.31. The number of nitrogens with two attached hydrogens (primary N) is 1. The summed E-state index contributed by atoms with van der Waals surface area (Å²) in [6, 6.07) is 2.96. The molecule has 0 spiro atoms. The van der Waals surface area contributed by atoms with Crippen molar-refractivity contribution in [2.24, 2.45) is 5.73 Å². The fraction of sp³-hybridized carbons (Fsp3) is 0.333. The minimum atomic E-state index is -0.245. The van der Waals surface area contributed by atoms with Crippen LogP contribution in [0.15, 0.2) is 21.0 Å². The van der Waals surface area contributed by atoms with Crippen molar-refractivity contribution in [3.63, 3.8) is 0 Å². The lowest BCUT2D eigenvalue weighted by molar-refractivity contribution is 0.543. The summed E-state index contributed by atoms with van der Waals surface area (Å²) in [5.74, 6) is 1.06. The van der Waals surface area contributed by atoms with Gasteiger partial charge in [0.15, 0.2) is 0 Å². The number of hydrogen-bond donors (Lipinski definition) is 1. The molecule has 4 heteroatoms. The molecule has 1 saturated carbocycles. The highest BCUT2D eigenvalue weighted by molar-refractivity contribution is 9.10. The zero-order chi connectivity index (χ0) is 11.3. The van der Waals surface area contributed by atoms with Crippen LogP contribution in [0.2, 0.25) is 0 Å². The van der Waals surface area contributed by atoms with E-state index in [1.807, 2.05) is 0 Å². The molecule has 2 N–H and O–H groups in total. The van der Waals surface area contributed by atoms with E-state index in [0.29, 0.717) is 22.5 Å². The van der Waals surface area contributed by atoms with Gasteiger partial charge in [-0.2, -0.15) is 0 Å². The molecule has 0 unspecified atom stereocenters. The van der Waals surface area contributed by atoms with Crippen LogP contribution in [0, 0.1) is 5.82 Å². The lowest BCUT2D eigenvalue weighted by atomic mass is 10.1. The van der Waals surface area contributed by atoms with Gasteiger partial charge in [0.2, 0.25) is 0 Å². The third-order valence-electron chi connectivity index (χ3n) is 3.00. The first-order valence-corrected chi connectivity index (χ1v) is 6.10. The molecule has 16 heavy (non-hydrogen) atoms. The van der Waals surface area contributed by atoms with Crippen LogP contribution in [0.1, 0.15) is 30.1 Å². The third kappa shape index (κ3) is 1.48. The quantitative estimate of drug-likeness (QED) is 0.913. The van der Waals surface area contributed by atoms with Crippen molar-refractivity contribution in [2.45, 2.75) is 25.3 Å². The number of hydrogen-bond acceptors (Lipinski definition) is 2. The van der Waals surface area contributed by atoms with E-state index in [1.165, 1.54) is 12.1 Å². The maximum absolute atomic E-state index is 13.4. The van der Waals surface area contributed by atoms with Crippen LogP contribution < -0.4 is 5.73 Å². The van der Waals surface area contributed by atoms with Gasteiger partial charge in [0.05, 0.1) is 11.0 Å². The molecule has 2 nitrogen and oxygen atoms in total. The highest BCUT2D eigenvalue weighted by atomic mass is 79.9. The molecule has 1 aliphatic rings. The number of benzene rings is 1. The maximum atomic E-state index is 13.4. The van der Waals surface area contributed by atoms with E-state index < -0.39 is 0 Å². The number of furan rings is 1. The molecule has 2 aromatic rings. The molecule has 0 aliphatic heterocycles. The minimum absolute atomic E-state index is 0.245. The van der Waals surface area contributed by atoms with E-state index in [0.717, 1.165) is 29.6 Å². The fourth-order valence-corrected chi connectivity index (χ4v) is 2.68. The molecule has 1 aromatic carbocycles. The summed E-state index contributed by atoms with van der Waals surface area (Å²) in [6.45, 7) is 0.370. The maximum Gasteiger partial charge on any atom is 0.149 e. The molecule has 1 heterocycles. The Labute approximate surface area is 101 Å². The zero-order valence-corrected chi connectivity index (χ0v) is 10.2. The molecule has 0 amide bonds. The largest absolute Gasteiger partial charge is 0.458 e. The average molecular weight is 284 g/mol. The molecule has 0 bridgehead atoms. The summed E-state index contributed by atoms with van der Waals surface area (Å²) < 4.78 is 19.7. The van der Waals surface area contributed by atoms with E-state index in [1.54, 1.807) is 0 Å². The van der Waals surface area contributed by atoms with E-state index in [9.17, 15) is 4.39 Å². The summed E-state index contributed by atoms with van der Waals surface area (Å²) in [7, 11) is 0. The van der Waals surface area contributed by atoms with Gasteiger partial charge < -0.3 is 10.2 Å². The molecule has 0 saturated heterocycles. The van der Waals surface area contributed by atoms with Gasteiger partial charge in [0.25, 0.3) is 0 Å². The van der Waals surface area contributed by atoms with Crippen molar-refractivity contribution < 1.29 is 8.81 Å². The molecular formula is C12H11BrFNO. The predicted molar refractivity (Wildman–Crippen MR) is 63.7 cm³/mol. The third-order valence-corrected chi connectivity index (χ3v) is 3.58. The van der Waals surface area contributed by atoms with Crippen molar-refractivity contribution >= 4 is 26.9 Å². The molecule has 1 fully saturated rings. The molecule has 84 valence electrons. The van der Waals surface area contributed by atoms with Gasteiger partial charge in [-0.1, -0.05) is 0 Å². The Kier molecular flexibility index (Phi) is 2.30. The van der Waals surface area contributed by atoms with Crippen LogP contribution in [-0.2, 0) is 6.54 Å². The Hall–Kier alpha value is -0.870. The van der Waals surface area contributed by atoms with Crippen molar-refractivity contribution in [1.29, 1.82) is 0 Å². The summed E-state index contributed by atoms with van der Waals surface area (Å²) in [5.41, 5.74) is 7.49. The molecular weight excluding hydrogens is 273 g/mol. The van der Waals surface area contributed by atoms with Crippen LogP contribution in [0.5, 0.6) is 0 Å². The Morgan fingerprint density at radius 1 is 1.44 bits per heavy atom. The molecule has 1 aromatic heterocycles. The zero-order valence-electron chi connectivity index (χ0n) is 8.59. The van der Waals surface area contributed by atoms with Crippen molar-refractivity contribution in [2.75, 3.05) is 0 Å². The second-order valence-electron chi connectivity index (χ2n) is 4.18. The van der Waals surface area contributed by atoms with Crippen LogP contribution in [0.25, 0.3) is 11.0 Å². The van der Waals surface area contributed by atoms with Crippen molar-refractivity contribution in [1.82, 2.24) is 0 Å². The first kappa shape index (κ1) is 10.3. The first-order chi connectivity index (χ1) is 7.70. The summed E-state index contributed by atoms with van der Waals surface area (Å²) >= 11 is 3.32. The Morgan fingerprint density at radius 3 is 2.81 bits per heavy atom. The first-order valence-electron chi connectivity index (χ1n) is 5.31. The lowest BCUT2D eigenvalue weighted by Crippen LogP contribution is -1.97. The Bertz CT molecular complexity index is 560. The Balaban J connectivity index is 2.35. The SMILES string of the molecule is NCc1oc2c(Br)cc(F)cc2c1C1CC1. The van der Waals surface area contributed by atoms with Crippen molar-refractivity contribution in [3.05, 3.63) is 33.7 Å². The standard InChI is InChI=1S/C12H11BrFNO/c13-9-4-7(14)3-8-11(6-1-2-6)10(5-15)16-12(8)9/h3-4,6H,1-2,5,15H2. The molecule has 0 radical (unpaired) electrons. The van der Waals surface area contributed by atoms with E-state index in [2.05, 4.69) is 15.9 Å².